The quantitative estimate of drug-likeness (QED) is 0.157. The molecule has 2 aromatic carbocycles. The van der Waals surface area contributed by atoms with Gasteiger partial charge in [0.05, 0.1) is 29.4 Å². The molecular formula is C41H45F5N6O4. The first-order valence-electron chi connectivity index (χ1n) is 19.2. The highest BCUT2D eigenvalue weighted by molar-refractivity contribution is 5.92. The molecule has 0 saturated carbocycles. The zero-order valence-electron chi connectivity index (χ0n) is 31.6. The number of anilines is 1. The normalized spacial score (nSPS) is 23.8. The lowest BCUT2D eigenvalue weighted by Crippen LogP contribution is -2.57. The summed E-state index contributed by atoms with van der Waals surface area (Å²) in [5, 5.41) is 0.239. The summed E-state index contributed by atoms with van der Waals surface area (Å²) in [4.78, 5) is 32.8. The standard InChI is InChI=1S/C41H45F5N6O4/c1-39(2,3)56-38(53)52-28-11-12-29(52)22-50(21-28)36-32-19-47-34(31-16-30(13-10-26(31)17-41(44,45)46)54-23-25-8-5-4-6-9-25)33(43)35(32)48-37(49-36)55-24-40-14-7-15-51(40)20-27(42)18-40/h4-6,8-10,13,16,19,27-29H,7,11-12,14-15,17-18,20-24H2,1-3H3/t27?,28-,29+,40?. The monoisotopic (exact) mass is 780 g/mol. The van der Waals surface area contributed by atoms with E-state index in [-0.39, 0.29) is 64.8 Å². The van der Waals surface area contributed by atoms with Gasteiger partial charge in [-0.3, -0.25) is 14.8 Å². The van der Waals surface area contributed by atoms with E-state index in [9.17, 15) is 22.4 Å². The number of amides is 1. The Labute approximate surface area is 322 Å². The summed E-state index contributed by atoms with van der Waals surface area (Å²) >= 11 is 0. The summed E-state index contributed by atoms with van der Waals surface area (Å²) in [6.45, 7) is 7.48. The molecule has 298 valence electrons. The lowest BCUT2D eigenvalue weighted by atomic mass is 9.95. The van der Waals surface area contributed by atoms with Crippen molar-refractivity contribution in [2.24, 2.45) is 0 Å². The van der Waals surface area contributed by atoms with Crippen molar-refractivity contribution >= 4 is 22.8 Å². The van der Waals surface area contributed by atoms with Crippen molar-refractivity contribution in [3.63, 3.8) is 0 Å². The van der Waals surface area contributed by atoms with Crippen molar-refractivity contribution in [1.29, 1.82) is 0 Å². The molecule has 4 aromatic rings. The second kappa shape index (κ2) is 14.6. The van der Waals surface area contributed by atoms with Crippen LogP contribution in [0.15, 0.2) is 54.7 Å². The molecule has 6 heterocycles. The second-order valence-electron chi connectivity index (χ2n) is 16.4. The molecule has 0 aliphatic carbocycles. The minimum atomic E-state index is -4.59. The van der Waals surface area contributed by atoms with Gasteiger partial charge in [-0.1, -0.05) is 36.4 Å². The van der Waals surface area contributed by atoms with Crippen LogP contribution in [0.2, 0.25) is 0 Å². The number of piperazine rings is 1. The molecule has 4 fully saturated rings. The van der Waals surface area contributed by atoms with Crippen LogP contribution in [0.1, 0.15) is 64.0 Å². The number of alkyl halides is 4. The van der Waals surface area contributed by atoms with Gasteiger partial charge in [0.1, 0.15) is 47.8 Å². The number of ether oxygens (including phenoxy) is 3. The molecule has 0 spiro atoms. The van der Waals surface area contributed by atoms with Gasteiger partial charge in [0.2, 0.25) is 0 Å². The van der Waals surface area contributed by atoms with Crippen molar-refractivity contribution in [3.05, 3.63) is 71.7 Å². The summed E-state index contributed by atoms with van der Waals surface area (Å²) in [7, 11) is 0. The molecule has 10 nitrogen and oxygen atoms in total. The minimum absolute atomic E-state index is 0.0839. The average Bonchev–Trinajstić information content (AvgIpc) is 3.76. The van der Waals surface area contributed by atoms with E-state index < -0.39 is 41.8 Å². The van der Waals surface area contributed by atoms with Crippen molar-refractivity contribution in [1.82, 2.24) is 24.8 Å². The van der Waals surface area contributed by atoms with Gasteiger partial charge in [-0.15, -0.1) is 0 Å². The summed E-state index contributed by atoms with van der Waals surface area (Å²) in [6.07, 6.45) is -2.52. The van der Waals surface area contributed by atoms with E-state index in [2.05, 4.69) is 14.9 Å². The number of hydrogen-bond acceptors (Lipinski definition) is 9. The SMILES string of the molecule is CC(C)(C)OC(=O)N1[C@@H]2CC[C@H]1CN(c1nc(OCC34CCCN3CC(F)C4)nc3c(F)c(-c4cc(OCc5ccccc5)ccc4CC(F)(F)F)ncc13)C2. The molecule has 2 unspecified atom stereocenters. The maximum Gasteiger partial charge on any atom is 0.410 e. The van der Waals surface area contributed by atoms with Crippen molar-refractivity contribution < 1.29 is 41.0 Å². The van der Waals surface area contributed by atoms with Crippen LogP contribution in [0.25, 0.3) is 22.2 Å². The molecule has 2 bridgehead atoms. The fourth-order valence-electron chi connectivity index (χ4n) is 8.83. The topological polar surface area (TPSA) is 93.2 Å². The number of hydrogen-bond donors (Lipinski definition) is 0. The lowest BCUT2D eigenvalue weighted by Gasteiger charge is -2.42. The molecule has 8 rings (SSSR count). The molecule has 15 heteroatoms. The molecule has 0 radical (unpaired) electrons. The molecule has 1 amide bonds. The second-order valence-corrected chi connectivity index (χ2v) is 16.4. The Bertz CT molecular complexity index is 2090. The van der Waals surface area contributed by atoms with E-state index in [1.807, 2.05) is 56.0 Å². The third kappa shape index (κ3) is 7.78. The van der Waals surface area contributed by atoms with Crippen LogP contribution in [0.5, 0.6) is 11.8 Å². The van der Waals surface area contributed by atoms with Crippen molar-refractivity contribution in [2.75, 3.05) is 37.7 Å². The molecule has 0 N–H and O–H groups in total. The van der Waals surface area contributed by atoms with Crippen molar-refractivity contribution in [3.8, 4) is 23.0 Å². The first-order valence-corrected chi connectivity index (χ1v) is 19.2. The van der Waals surface area contributed by atoms with Gasteiger partial charge in [-0.05, 0) is 76.3 Å². The highest BCUT2D eigenvalue weighted by atomic mass is 19.4. The first-order chi connectivity index (χ1) is 26.6. The number of halogens is 5. The Morgan fingerprint density at radius 2 is 1.73 bits per heavy atom. The van der Waals surface area contributed by atoms with Gasteiger partial charge in [0, 0.05) is 37.8 Å². The number of rotatable bonds is 9. The van der Waals surface area contributed by atoms with E-state index in [0.717, 1.165) is 37.8 Å². The Balaban J connectivity index is 1.18. The Hall–Kier alpha value is -4.79. The lowest BCUT2D eigenvalue weighted by molar-refractivity contribution is -0.127. The third-order valence-electron chi connectivity index (χ3n) is 11.2. The highest BCUT2D eigenvalue weighted by Crippen LogP contribution is 2.42. The maximum atomic E-state index is 17.1. The molecule has 4 aliphatic rings. The van der Waals surface area contributed by atoms with Gasteiger partial charge in [-0.2, -0.15) is 23.1 Å². The van der Waals surface area contributed by atoms with Crippen LogP contribution in [-0.4, -0.2) is 99.2 Å². The van der Waals surface area contributed by atoms with Crippen molar-refractivity contribution in [2.45, 2.75) is 101 Å². The maximum absolute atomic E-state index is 17.1. The summed E-state index contributed by atoms with van der Waals surface area (Å²) in [6, 6.07) is 12.8. The predicted octanol–water partition coefficient (Wildman–Crippen LogP) is 8.06. The molecule has 4 saturated heterocycles. The fraction of sp³-hybridized carbons (Fsp3) is 0.512. The Morgan fingerprint density at radius 1 is 0.982 bits per heavy atom. The van der Waals surface area contributed by atoms with E-state index in [4.69, 9.17) is 19.2 Å². The minimum Gasteiger partial charge on any atom is -0.489 e. The molecule has 4 aliphatic heterocycles. The summed E-state index contributed by atoms with van der Waals surface area (Å²) < 4.78 is 91.3. The number of fused-ring (bicyclic) bond motifs is 4. The number of carbonyl (C=O) groups excluding carboxylic acids is 1. The van der Waals surface area contributed by atoms with Gasteiger partial charge in [0.15, 0.2) is 5.82 Å². The Kier molecular flexibility index (Phi) is 9.94. The number of nitrogens with zero attached hydrogens (tertiary/aromatic N) is 6. The van der Waals surface area contributed by atoms with E-state index in [1.54, 1.807) is 4.90 Å². The Morgan fingerprint density at radius 3 is 2.45 bits per heavy atom. The molecular weight excluding hydrogens is 735 g/mol. The number of benzene rings is 2. The van der Waals surface area contributed by atoms with Gasteiger partial charge < -0.3 is 19.1 Å². The summed E-state index contributed by atoms with van der Waals surface area (Å²) in [5.74, 6) is -0.375. The fourth-order valence-corrected chi connectivity index (χ4v) is 8.83. The zero-order valence-corrected chi connectivity index (χ0v) is 31.6. The van der Waals surface area contributed by atoms with Crippen LogP contribution < -0.4 is 14.4 Å². The van der Waals surface area contributed by atoms with Crippen LogP contribution >= 0.6 is 0 Å². The first kappa shape index (κ1) is 38.1. The molecule has 2 aromatic heterocycles. The van der Waals surface area contributed by atoms with Gasteiger partial charge in [0.25, 0.3) is 0 Å². The van der Waals surface area contributed by atoms with Crippen LogP contribution in [-0.2, 0) is 17.8 Å². The van der Waals surface area contributed by atoms with Crippen LogP contribution in [0, 0.1) is 5.82 Å². The number of carbonyl (C=O) groups is 1. The smallest absolute Gasteiger partial charge is 0.410 e. The summed E-state index contributed by atoms with van der Waals surface area (Å²) in [5.41, 5.74) is -1.14. The highest BCUT2D eigenvalue weighted by Gasteiger charge is 2.50. The number of pyridine rings is 1. The van der Waals surface area contributed by atoms with Gasteiger partial charge >= 0.3 is 18.3 Å². The third-order valence-corrected chi connectivity index (χ3v) is 11.2. The van der Waals surface area contributed by atoms with Crippen LogP contribution in [0.4, 0.5) is 32.6 Å². The van der Waals surface area contributed by atoms with Gasteiger partial charge in [-0.25, -0.2) is 13.6 Å². The number of aromatic nitrogens is 3. The predicted molar refractivity (Wildman–Crippen MR) is 199 cm³/mol. The van der Waals surface area contributed by atoms with E-state index in [1.165, 1.54) is 24.4 Å². The largest absolute Gasteiger partial charge is 0.489 e. The van der Waals surface area contributed by atoms with E-state index in [0.29, 0.717) is 31.9 Å². The van der Waals surface area contributed by atoms with Crippen LogP contribution in [0.3, 0.4) is 0 Å². The molecule has 56 heavy (non-hydrogen) atoms. The van der Waals surface area contributed by atoms with E-state index >= 15 is 4.39 Å². The zero-order chi connectivity index (χ0) is 39.4. The average molecular weight is 781 g/mol. The molecule has 4 atom stereocenters.